The molecule has 0 saturated carbocycles. The highest BCUT2D eigenvalue weighted by molar-refractivity contribution is 5.91. The van der Waals surface area contributed by atoms with Gasteiger partial charge in [0, 0.05) is 18.3 Å². The van der Waals surface area contributed by atoms with E-state index >= 15 is 0 Å². The molecule has 106 valence electrons. The van der Waals surface area contributed by atoms with Gasteiger partial charge < -0.3 is 15.7 Å². The van der Waals surface area contributed by atoms with E-state index in [0.29, 0.717) is 12.3 Å². The molecule has 0 spiro atoms. The van der Waals surface area contributed by atoms with Gasteiger partial charge in [-0.1, -0.05) is 32.0 Å². The van der Waals surface area contributed by atoms with Crippen LogP contribution in [0.15, 0.2) is 18.2 Å². The molecule has 4 heteroatoms. The van der Waals surface area contributed by atoms with E-state index in [1.54, 1.807) is 0 Å². The van der Waals surface area contributed by atoms with Gasteiger partial charge in [-0.05, 0) is 37.3 Å². The fourth-order valence-electron chi connectivity index (χ4n) is 1.98. The summed E-state index contributed by atoms with van der Waals surface area (Å²) in [5, 5.41) is 14.6. The number of aliphatic hydroxyl groups is 1. The SMILES string of the molecule is Cc1cccc(C(C)C)c1NC(=O)N[C@H](C)CCO. The third kappa shape index (κ3) is 4.56. The van der Waals surface area contributed by atoms with Crippen molar-refractivity contribution >= 4 is 11.7 Å². The maximum Gasteiger partial charge on any atom is 0.319 e. The summed E-state index contributed by atoms with van der Waals surface area (Å²) in [6, 6.07) is 5.75. The van der Waals surface area contributed by atoms with Gasteiger partial charge in [-0.3, -0.25) is 0 Å². The third-order valence-electron chi connectivity index (χ3n) is 3.11. The highest BCUT2D eigenvalue weighted by atomic mass is 16.3. The maximum atomic E-state index is 11.9. The molecule has 0 radical (unpaired) electrons. The Labute approximate surface area is 115 Å². The van der Waals surface area contributed by atoms with E-state index in [0.717, 1.165) is 16.8 Å². The molecule has 0 heterocycles. The van der Waals surface area contributed by atoms with Crippen LogP contribution in [-0.2, 0) is 0 Å². The number of carbonyl (C=O) groups is 1. The summed E-state index contributed by atoms with van der Waals surface area (Å²) in [5.41, 5.74) is 3.06. The van der Waals surface area contributed by atoms with E-state index in [1.807, 2.05) is 32.0 Å². The zero-order chi connectivity index (χ0) is 14.4. The number of urea groups is 1. The lowest BCUT2D eigenvalue weighted by atomic mass is 9.98. The number of aliphatic hydroxyl groups excluding tert-OH is 1. The van der Waals surface area contributed by atoms with Crippen molar-refractivity contribution in [3.8, 4) is 0 Å². The molecule has 4 nitrogen and oxygen atoms in total. The number of aryl methyl sites for hydroxylation is 1. The van der Waals surface area contributed by atoms with Crippen molar-refractivity contribution in [2.45, 2.75) is 46.1 Å². The molecule has 0 unspecified atom stereocenters. The van der Waals surface area contributed by atoms with Crippen molar-refractivity contribution in [3.05, 3.63) is 29.3 Å². The van der Waals surface area contributed by atoms with Gasteiger partial charge in [-0.15, -0.1) is 0 Å². The smallest absolute Gasteiger partial charge is 0.319 e. The fraction of sp³-hybridized carbons (Fsp3) is 0.533. The van der Waals surface area contributed by atoms with Crippen LogP contribution in [0.1, 0.15) is 44.2 Å². The Kier molecular flexibility index (Phi) is 5.83. The molecule has 0 fully saturated rings. The molecule has 3 N–H and O–H groups in total. The number of hydrogen-bond donors (Lipinski definition) is 3. The lowest BCUT2D eigenvalue weighted by Crippen LogP contribution is -2.37. The topological polar surface area (TPSA) is 61.4 Å². The minimum absolute atomic E-state index is 0.0449. The van der Waals surface area contributed by atoms with Crippen LogP contribution in [0.2, 0.25) is 0 Å². The van der Waals surface area contributed by atoms with Crippen molar-refractivity contribution in [3.63, 3.8) is 0 Å². The largest absolute Gasteiger partial charge is 0.396 e. The second-order valence-electron chi connectivity index (χ2n) is 5.21. The van der Waals surface area contributed by atoms with Crippen LogP contribution in [0.3, 0.4) is 0 Å². The molecule has 1 rings (SSSR count). The van der Waals surface area contributed by atoms with Gasteiger partial charge in [0.2, 0.25) is 0 Å². The Bertz CT molecular complexity index is 430. The highest BCUT2D eigenvalue weighted by Gasteiger charge is 2.13. The van der Waals surface area contributed by atoms with Gasteiger partial charge in [0.25, 0.3) is 0 Å². The molecule has 1 aromatic carbocycles. The minimum Gasteiger partial charge on any atom is -0.396 e. The molecule has 0 aromatic heterocycles. The number of amides is 2. The van der Waals surface area contributed by atoms with Crippen LogP contribution < -0.4 is 10.6 Å². The zero-order valence-electron chi connectivity index (χ0n) is 12.2. The summed E-state index contributed by atoms with van der Waals surface area (Å²) < 4.78 is 0. The molecule has 0 aliphatic rings. The number of para-hydroxylation sites is 1. The molecule has 0 bridgehead atoms. The van der Waals surface area contributed by atoms with Gasteiger partial charge in [-0.2, -0.15) is 0 Å². The summed E-state index contributed by atoms with van der Waals surface area (Å²) in [6.07, 6.45) is 0.554. The van der Waals surface area contributed by atoms with E-state index in [9.17, 15) is 4.79 Å². The second kappa shape index (κ2) is 7.14. The molecule has 0 saturated heterocycles. The average molecular weight is 264 g/mol. The summed E-state index contributed by atoms with van der Waals surface area (Å²) in [7, 11) is 0. The van der Waals surface area contributed by atoms with Gasteiger partial charge in [-0.25, -0.2) is 4.79 Å². The van der Waals surface area contributed by atoms with Crippen LogP contribution in [0.4, 0.5) is 10.5 Å². The first-order chi connectivity index (χ1) is 8.95. The zero-order valence-corrected chi connectivity index (χ0v) is 12.2. The number of nitrogens with one attached hydrogen (secondary N) is 2. The Hall–Kier alpha value is -1.55. The molecular formula is C15H24N2O2. The summed E-state index contributed by atoms with van der Waals surface area (Å²) in [4.78, 5) is 11.9. The van der Waals surface area contributed by atoms with Gasteiger partial charge in [0.1, 0.15) is 0 Å². The number of hydrogen-bond acceptors (Lipinski definition) is 2. The molecule has 2 amide bonds. The van der Waals surface area contributed by atoms with Crippen LogP contribution in [0.5, 0.6) is 0 Å². The fourth-order valence-corrected chi connectivity index (χ4v) is 1.98. The summed E-state index contributed by atoms with van der Waals surface area (Å²) in [5.74, 6) is 0.352. The quantitative estimate of drug-likeness (QED) is 0.765. The molecule has 1 aromatic rings. The Morgan fingerprint density at radius 1 is 1.32 bits per heavy atom. The minimum atomic E-state index is -0.225. The standard InChI is InChI=1S/C15H24N2O2/c1-10(2)13-7-5-6-11(3)14(13)17-15(19)16-12(4)8-9-18/h5-7,10,12,18H,8-9H2,1-4H3,(H2,16,17,19)/t12-/m1/s1. The second-order valence-corrected chi connectivity index (χ2v) is 5.21. The Balaban J connectivity index is 2.79. The normalized spacial score (nSPS) is 12.3. The van der Waals surface area contributed by atoms with Gasteiger partial charge in [0.05, 0.1) is 0 Å². The van der Waals surface area contributed by atoms with E-state index in [1.165, 1.54) is 0 Å². The molecule has 0 aliphatic carbocycles. The number of anilines is 1. The van der Waals surface area contributed by atoms with Crippen molar-refractivity contribution in [1.29, 1.82) is 0 Å². The number of rotatable bonds is 5. The molecule has 0 aliphatic heterocycles. The lowest BCUT2D eigenvalue weighted by molar-refractivity contribution is 0.241. The first kappa shape index (κ1) is 15.5. The average Bonchev–Trinajstić information content (AvgIpc) is 2.31. The molecular weight excluding hydrogens is 240 g/mol. The Morgan fingerprint density at radius 2 is 2.00 bits per heavy atom. The van der Waals surface area contributed by atoms with E-state index in [2.05, 4.69) is 24.5 Å². The van der Waals surface area contributed by atoms with Crippen LogP contribution in [0.25, 0.3) is 0 Å². The predicted molar refractivity (Wildman–Crippen MR) is 78.6 cm³/mol. The summed E-state index contributed by atoms with van der Waals surface area (Å²) in [6.45, 7) is 8.14. The molecule has 1 atom stereocenters. The Morgan fingerprint density at radius 3 is 2.58 bits per heavy atom. The van der Waals surface area contributed by atoms with Crippen LogP contribution in [-0.4, -0.2) is 23.8 Å². The number of benzene rings is 1. The van der Waals surface area contributed by atoms with E-state index in [-0.39, 0.29) is 18.7 Å². The highest BCUT2D eigenvalue weighted by Crippen LogP contribution is 2.27. The van der Waals surface area contributed by atoms with Crippen molar-refractivity contribution in [2.24, 2.45) is 0 Å². The van der Waals surface area contributed by atoms with Crippen LogP contribution >= 0.6 is 0 Å². The monoisotopic (exact) mass is 264 g/mol. The van der Waals surface area contributed by atoms with Crippen molar-refractivity contribution < 1.29 is 9.90 Å². The molecule has 19 heavy (non-hydrogen) atoms. The maximum absolute atomic E-state index is 11.9. The predicted octanol–water partition coefficient (Wildman–Crippen LogP) is 3.01. The first-order valence-electron chi connectivity index (χ1n) is 6.73. The van der Waals surface area contributed by atoms with E-state index < -0.39 is 0 Å². The van der Waals surface area contributed by atoms with Crippen molar-refractivity contribution in [1.82, 2.24) is 5.32 Å². The van der Waals surface area contributed by atoms with E-state index in [4.69, 9.17) is 5.11 Å². The first-order valence-corrected chi connectivity index (χ1v) is 6.73. The lowest BCUT2D eigenvalue weighted by Gasteiger charge is -2.18. The summed E-state index contributed by atoms with van der Waals surface area (Å²) >= 11 is 0. The third-order valence-corrected chi connectivity index (χ3v) is 3.11. The number of carbonyl (C=O) groups excluding carboxylic acids is 1. The van der Waals surface area contributed by atoms with Gasteiger partial charge >= 0.3 is 6.03 Å². The van der Waals surface area contributed by atoms with Crippen molar-refractivity contribution in [2.75, 3.05) is 11.9 Å². The van der Waals surface area contributed by atoms with Gasteiger partial charge in [0.15, 0.2) is 0 Å². The van der Waals surface area contributed by atoms with Crippen LogP contribution in [0, 0.1) is 6.92 Å².